The molecule has 10 heavy (non-hydrogen) atoms. The summed E-state index contributed by atoms with van der Waals surface area (Å²) in [4.78, 5) is 0. The van der Waals surface area contributed by atoms with Crippen LogP contribution in [-0.2, 0) is 19.4 Å². The van der Waals surface area contributed by atoms with Crippen molar-refractivity contribution in [2.24, 2.45) is 0 Å². The fourth-order valence-corrected chi connectivity index (χ4v) is 1.11. The van der Waals surface area contributed by atoms with Gasteiger partial charge in [0.05, 0.1) is 0 Å². The van der Waals surface area contributed by atoms with E-state index in [2.05, 4.69) is 0 Å². The summed E-state index contributed by atoms with van der Waals surface area (Å²) < 4.78 is 1.74. The summed E-state index contributed by atoms with van der Waals surface area (Å²) in [7, 11) is -1.34. The van der Waals surface area contributed by atoms with Gasteiger partial charge in [-0.25, -0.2) is 0 Å². The van der Waals surface area contributed by atoms with E-state index in [1.807, 2.05) is 13.0 Å². The van der Waals surface area contributed by atoms with E-state index in [-0.39, 0.29) is 0 Å². The Morgan fingerprint density at radius 2 is 2.10 bits per heavy atom. The molecule has 0 fully saturated rings. The molecule has 2 N–H and O–H groups in total. The Morgan fingerprint density at radius 1 is 1.50 bits per heavy atom. The molecule has 0 saturated carbocycles. The second kappa shape index (κ2) is 5.78. The topological polar surface area (TPSA) is 40.5 Å². The quantitative estimate of drug-likeness (QED) is 0.562. The van der Waals surface area contributed by atoms with E-state index in [4.69, 9.17) is 10.0 Å². The summed E-state index contributed by atoms with van der Waals surface area (Å²) in [6.07, 6.45) is 5.28. The summed E-state index contributed by atoms with van der Waals surface area (Å²) >= 11 is 1.21. The van der Waals surface area contributed by atoms with E-state index in [0.29, 0.717) is 5.47 Å². The van der Waals surface area contributed by atoms with Gasteiger partial charge in [0.15, 0.2) is 0 Å². The molecule has 0 radical (unpaired) electrons. The Labute approximate surface area is 71.8 Å². The molecule has 0 unspecified atom stereocenters. The first-order valence-corrected chi connectivity index (χ1v) is 4.56. The van der Waals surface area contributed by atoms with E-state index in [1.165, 1.54) is 19.4 Å². The second-order valence-corrected chi connectivity index (χ2v) is 2.53. The molecule has 0 rings (SSSR count). The van der Waals surface area contributed by atoms with Crippen LogP contribution in [0.1, 0.15) is 6.92 Å². The van der Waals surface area contributed by atoms with Gasteiger partial charge in [-0.1, -0.05) is 0 Å². The average molecular weight is 308 g/mol. The molecule has 54 valence electrons. The van der Waals surface area contributed by atoms with Crippen LogP contribution in [0.2, 0.25) is 0 Å². The van der Waals surface area contributed by atoms with Crippen LogP contribution in [0.15, 0.2) is 23.7 Å². The van der Waals surface area contributed by atoms with Crippen LogP contribution in [0.4, 0.5) is 0 Å². The van der Waals surface area contributed by atoms with Crippen molar-refractivity contribution < 1.29 is 29.4 Å². The van der Waals surface area contributed by atoms with Gasteiger partial charge in [-0.2, -0.15) is 0 Å². The second-order valence-electron chi connectivity index (χ2n) is 1.68. The van der Waals surface area contributed by atoms with Crippen LogP contribution >= 0.6 is 0 Å². The molecule has 0 spiro atoms. The first-order valence-electron chi connectivity index (χ1n) is 2.86. The third kappa shape index (κ3) is 3.94. The first-order chi connectivity index (χ1) is 4.72. The van der Waals surface area contributed by atoms with Gasteiger partial charge >= 0.3 is 71.5 Å². The molecule has 2 nitrogen and oxygen atoms in total. The van der Waals surface area contributed by atoms with Crippen molar-refractivity contribution in [3.05, 3.63) is 23.7 Å². The molecule has 0 atom stereocenters. The number of hydrogen-bond acceptors (Lipinski definition) is 2. The molecule has 0 bridgehead atoms. The Balaban J connectivity index is 4.18. The van der Waals surface area contributed by atoms with E-state index in [0.717, 1.165) is 0 Å². The summed E-state index contributed by atoms with van der Waals surface area (Å²) in [5.74, 6) is 0. The number of allylic oxidation sites excluding steroid dienone is 4. The zero-order valence-corrected chi connectivity index (χ0v) is 8.62. The fourth-order valence-electron chi connectivity index (χ4n) is 0.394. The van der Waals surface area contributed by atoms with Crippen molar-refractivity contribution in [3.8, 4) is 0 Å². The Bertz CT molecular complexity index is 163. The number of hydrogen-bond donors (Lipinski definition) is 2. The predicted molar refractivity (Wildman–Crippen MR) is 39.2 cm³/mol. The molecule has 0 aromatic heterocycles. The maximum atomic E-state index is 8.67. The zero-order chi connectivity index (χ0) is 7.98. The van der Waals surface area contributed by atoms with Crippen LogP contribution in [0.25, 0.3) is 0 Å². The molecule has 0 saturated heterocycles. The van der Waals surface area contributed by atoms with Crippen LogP contribution in [0.5, 0.6) is 0 Å². The monoisotopic (exact) mass is 308 g/mol. The molecular weight excluding hydrogens is 299 g/mol. The van der Waals surface area contributed by atoms with Gasteiger partial charge in [0.1, 0.15) is 0 Å². The molecule has 0 aromatic carbocycles. The normalized spacial score (nSPS) is 12.1. The van der Waals surface area contributed by atoms with Crippen LogP contribution in [0, 0.1) is 0 Å². The van der Waals surface area contributed by atoms with Gasteiger partial charge in [-0.05, 0) is 0 Å². The van der Waals surface area contributed by atoms with Crippen molar-refractivity contribution in [1.82, 2.24) is 0 Å². The van der Waals surface area contributed by atoms with Gasteiger partial charge in [0.25, 0.3) is 0 Å². The molecular formula is C6H9BO2W. The maximum absolute atomic E-state index is 8.67. The first kappa shape index (κ1) is 10.0. The molecule has 0 heterocycles. The SMILES string of the molecule is CC=C/C=C(\[CH]=[W])B(O)O. The van der Waals surface area contributed by atoms with Gasteiger partial charge in [-0.15, -0.1) is 0 Å². The predicted octanol–water partition coefficient (Wildman–Crippen LogP) is -0.150. The molecule has 0 aliphatic heterocycles. The van der Waals surface area contributed by atoms with Gasteiger partial charge in [0, 0.05) is 0 Å². The van der Waals surface area contributed by atoms with Gasteiger partial charge in [-0.3, -0.25) is 0 Å². The van der Waals surface area contributed by atoms with E-state index < -0.39 is 7.12 Å². The summed E-state index contributed by atoms with van der Waals surface area (Å²) in [6, 6.07) is 0. The average Bonchev–Trinajstić information content (AvgIpc) is 1.89. The molecule has 0 aromatic rings. The van der Waals surface area contributed by atoms with E-state index in [9.17, 15) is 0 Å². The molecule has 0 aliphatic carbocycles. The van der Waals surface area contributed by atoms with Crippen molar-refractivity contribution in [2.45, 2.75) is 6.92 Å². The Kier molecular flexibility index (Phi) is 5.80. The van der Waals surface area contributed by atoms with Crippen molar-refractivity contribution >= 4 is 11.5 Å². The van der Waals surface area contributed by atoms with Crippen LogP contribution in [0.3, 0.4) is 0 Å². The molecule has 0 amide bonds. The zero-order valence-electron chi connectivity index (χ0n) is 5.69. The minimum absolute atomic E-state index is 0.549. The fraction of sp³-hybridized carbons (Fsp3) is 0.167. The van der Waals surface area contributed by atoms with Crippen molar-refractivity contribution in [3.63, 3.8) is 0 Å². The van der Waals surface area contributed by atoms with Gasteiger partial charge < -0.3 is 0 Å². The Morgan fingerprint density at radius 3 is 2.40 bits per heavy atom. The standard InChI is InChI=1S/C6H9BO2.W/c1-3-4-5-6(2)7(8)9;/h2-5,8-9H,1H3;/b4-3?,6-5+;. The van der Waals surface area contributed by atoms with Crippen molar-refractivity contribution in [2.75, 3.05) is 0 Å². The summed E-state index contributed by atoms with van der Waals surface area (Å²) in [6.45, 7) is 1.88. The molecule has 4 heteroatoms. The van der Waals surface area contributed by atoms with Crippen LogP contribution < -0.4 is 0 Å². The summed E-state index contributed by atoms with van der Waals surface area (Å²) in [5, 5.41) is 17.3. The van der Waals surface area contributed by atoms with Crippen molar-refractivity contribution in [1.29, 1.82) is 0 Å². The third-order valence-electron chi connectivity index (χ3n) is 0.915. The van der Waals surface area contributed by atoms with E-state index >= 15 is 0 Å². The third-order valence-corrected chi connectivity index (χ3v) is 1.89. The minimum atomic E-state index is -1.34. The molecule has 0 aliphatic rings. The van der Waals surface area contributed by atoms with E-state index in [1.54, 1.807) is 16.6 Å². The summed E-state index contributed by atoms with van der Waals surface area (Å²) in [5.41, 5.74) is 0.549. The number of rotatable bonds is 3. The Hall–Kier alpha value is 0.0232. The van der Waals surface area contributed by atoms with Gasteiger partial charge in [0.2, 0.25) is 0 Å². The van der Waals surface area contributed by atoms with Crippen LogP contribution in [-0.4, -0.2) is 21.6 Å².